The van der Waals surface area contributed by atoms with Crippen LogP contribution in [0.5, 0.6) is 0 Å². The highest BCUT2D eigenvalue weighted by molar-refractivity contribution is 6.04. The third-order valence-corrected chi connectivity index (χ3v) is 5.69. The Balaban J connectivity index is 2.01. The Morgan fingerprint density at radius 1 is 1.35 bits per heavy atom. The summed E-state index contributed by atoms with van der Waals surface area (Å²) < 4.78 is 5.90. The van der Waals surface area contributed by atoms with Crippen molar-refractivity contribution in [2.45, 2.75) is 56.1 Å². The summed E-state index contributed by atoms with van der Waals surface area (Å²) in [6.45, 7) is 5.84. The number of carbonyl (C=O) groups excluding carboxylic acids is 2. The van der Waals surface area contributed by atoms with Crippen LogP contribution in [-0.4, -0.2) is 23.5 Å². The van der Waals surface area contributed by atoms with E-state index in [0.29, 0.717) is 12.8 Å². The Kier molecular flexibility index (Phi) is 2.96. The molecule has 23 heavy (non-hydrogen) atoms. The van der Waals surface area contributed by atoms with Gasteiger partial charge in [0.15, 0.2) is 0 Å². The molecule has 4 heteroatoms. The van der Waals surface area contributed by atoms with Crippen molar-refractivity contribution in [3.05, 3.63) is 42.5 Å². The molecule has 120 valence electrons. The highest BCUT2D eigenvalue weighted by Gasteiger charge is 2.70. The normalized spacial score (nSPS) is 35.2. The zero-order chi connectivity index (χ0) is 16.2. The van der Waals surface area contributed by atoms with Gasteiger partial charge in [0.1, 0.15) is 11.0 Å². The molecule has 0 N–H and O–H groups in total. The molecule has 3 aliphatic rings. The van der Waals surface area contributed by atoms with Crippen molar-refractivity contribution in [3.8, 4) is 0 Å². The van der Waals surface area contributed by atoms with Gasteiger partial charge in [-0.15, -0.1) is 6.58 Å². The first-order valence-electron chi connectivity index (χ1n) is 8.30. The number of rotatable bonds is 2. The van der Waals surface area contributed by atoms with E-state index in [9.17, 15) is 9.59 Å². The Labute approximate surface area is 136 Å². The van der Waals surface area contributed by atoms with Gasteiger partial charge in [-0.2, -0.15) is 0 Å². The highest BCUT2D eigenvalue weighted by atomic mass is 16.6. The van der Waals surface area contributed by atoms with Crippen LogP contribution < -0.4 is 4.90 Å². The van der Waals surface area contributed by atoms with E-state index >= 15 is 0 Å². The third-order valence-electron chi connectivity index (χ3n) is 5.69. The molecule has 4 nitrogen and oxygen atoms in total. The van der Waals surface area contributed by atoms with Crippen LogP contribution in [0.4, 0.5) is 5.69 Å². The van der Waals surface area contributed by atoms with Gasteiger partial charge in [-0.25, -0.2) is 0 Å². The largest absolute Gasteiger partial charge is 0.456 e. The second kappa shape index (κ2) is 4.70. The number of fused-ring (bicyclic) bond motifs is 3. The zero-order valence-electron chi connectivity index (χ0n) is 13.4. The molecule has 1 amide bonds. The van der Waals surface area contributed by atoms with Gasteiger partial charge in [-0.3, -0.25) is 9.59 Å². The van der Waals surface area contributed by atoms with E-state index < -0.39 is 11.0 Å². The van der Waals surface area contributed by atoms with Crippen LogP contribution in [0.2, 0.25) is 0 Å². The maximum atomic E-state index is 13.0. The first-order valence-corrected chi connectivity index (χ1v) is 8.30. The lowest BCUT2D eigenvalue weighted by Crippen LogP contribution is -2.56. The van der Waals surface area contributed by atoms with Gasteiger partial charge in [-0.1, -0.05) is 24.3 Å². The van der Waals surface area contributed by atoms with E-state index in [2.05, 4.69) is 6.58 Å². The number of nitrogens with zero attached hydrogens (tertiary/aromatic N) is 1. The zero-order valence-corrected chi connectivity index (χ0v) is 13.4. The summed E-state index contributed by atoms with van der Waals surface area (Å²) in [5.74, 6) is -0.118. The van der Waals surface area contributed by atoms with Gasteiger partial charge >= 0.3 is 5.97 Å². The number of ether oxygens (including phenoxy) is 1. The number of esters is 1. The van der Waals surface area contributed by atoms with Crippen molar-refractivity contribution in [2.24, 2.45) is 0 Å². The number of anilines is 1. The van der Waals surface area contributed by atoms with Gasteiger partial charge < -0.3 is 9.64 Å². The maximum Gasteiger partial charge on any atom is 0.319 e. The molecular weight excluding hydrogens is 290 g/mol. The Morgan fingerprint density at radius 3 is 2.91 bits per heavy atom. The van der Waals surface area contributed by atoms with Crippen LogP contribution in [-0.2, 0) is 19.7 Å². The lowest BCUT2D eigenvalue weighted by atomic mass is 9.69. The van der Waals surface area contributed by atoms with Crippen LogP contribution in [0.25, 0.3) is 0 Å². The molecule has 3 atom stereocenters. The first-order chi connectivity index (χ1) is 11.0. The van der Waals surface area contributed by atoms with Crippen molar-refractivity contribution in [1.82, 2.24) is 0 Å². The van der Waals surface area contributed by atoms with Gasteiger partial charge in [-0.05, 0) is 44.2 Å². The van der Waals surface area contributed by atoms with Crippen molar-refractivity contribution in [1.29, 1.82) is 0 Å². The predicted molar refractivity (Wildman–Crippen MR) is 87.2 cm³/mol. The van der Waals surface area contributed by atoms with E-state index in [1.807, 2.05) is 36.1 Å². The minimum Gasteiger partial charge on any atom is -0.456 e. The molecule has 0 radical (unpaired) electrons. The molecule has 0 saturated carbocycles. The van der Waals surface area contributed by atoms with Crippen LogP contribution in [0.3, 0.4) is 0 Å². The molecule has 1 aromatic carbocycles. The van der Waals surface area contributed by atoms with E-state index in [1.165, 1.54) is 0 Å². The van der Waals surface area contributed by atoms with Crippen molar-refractivity contribution in [3.63, 3.8) is 0 Å². The summed E-state index contributed by atoms with van der Waals surface area (Å²) in [7, 11) is 0. The number of hydrogen-bond donors (Lipinski definition) is 0. The number of allylic oxidation sites excluding steroid dienone is 1. The number of para-hydroxylation sites is 1. The van der Waals surface area contributed by atoms with E-state index in [1.54, 1.807) is 6.08 Å². The standard InChI is InChI=1S/C19H21NO3/c1-3-11-19-13-8-4-5-9-14(13)20-15(21)10-6-7-12-18(2,16(19)20)23-17(19)22/h3-5,8-9,16H,1,6-7,10-12H2,2H3/t16-,18-,19-/m1/s1. The minimum absolute atomic E-state index is 0.0950. The van der Waals surface area contributed by atoms with E-state index in [-0.39, 0.29) is 17.9 Å². The second-order valence-electron chi connectivity index (χ2n) is 7.06. The van der Waals surface area contributed by atoms with E-state index in [4.69, 9.17) is 4.74 Å². The molecule has 0 spiro atoms. The van der Waals surface area contributed by atoms with E-state index in [0.717, 1.165) is 30.5 Å². The molecule has 1 aromatic rings. The Hall–Kier alpha value is -2.10. The van der Waals surface area contributed by atoms with Crippen LogP contribution in [0, 0.1) is 0 Å². The van der Waals surface area contributed by atoms with Gasteiger partial charge in [0, 0.05) is 12.1 Å². The second-order valence-corrected chi connectivity index (χ2v) is 7.06. The van der Waals surface area contributed by atoms with Crippen molar-refractivity contribution in [2.75, 3.05) is 4.90 Å². The molecule has 0 aromatic heterocycles. The lowest BCUT2D eigenvalue weighted by molar-refractivity contribution is -0.151. The maximum absolute atomic E-state index is 13.0. The summed E-state index contributed by atoms with van der Waals surface area (Å²) in [6, 6.07) is 7.49. The summed E-state index contributed by atoms with van der Waals surface area (Å²) in [6.07, 6.45) is 5.33. The molecular formula is C19H21NO3. The van der Waals surface area contributed by atoms with Crippen molar-refractivity contribution < 1.29 is 14.3 Å². The molecule has 0 bridgehead atoms. The number of hydrogen-bond acceptors (Lipinski definition) is 3. The summed E-state index contributed by atoms with van der Waals surface area (Å²) in [4.78, 5) is 27.7. The van der Waals surface area contributed by atoms with Crippen LogP contribution in [0.15, 0.2) is 36.9 Å². The SMILES string of the molecule is C=CC[C@@]12C(=O)O[C@]3(C)CCCCC(=O)N(c4ccccc41)[C@H]32. The summed E-state index contributed by atoms with van der Waals surface area (Å²) >= 11 is 0. The van der Waals surface area contributed by atoms with Gasteiger partial charge in [0.25, 0.3) is 0 Å². The average molecular weight is 311 g/mol. The minimum atomic E-state index is -0.805. The van der Waals surface area contributed by atoms with Crippen LogP contribution in [0.1, 0.15) is 44.6 Å². The fourth-order valence-corrected chi connectivity index (χ4v) is 4.81. The topological polar surface area (TPSA) is 46.6 Å². The molecule has 2 fully saturated rings. The molecule has 3 aliphatic heterocycles. The molecule has 3 heterocycles. The molecule has 4 rings (SSSR count). The first kappa shape index (κ1) is 14.5. The van der Waals surface area contributed by atoms with Crippen molar-refractivity contribution >= 4 is 17.6 Å². The van der Waals surface area contributed by atoms with Gasteiger partial charge in [0.2, 0.25) is 5.91 Å². The van der Waals surface area contributed by atoms with Gasteiger partial charge in [0.05, 0.1) is 6.04 Å². The Bertz CT molecular complexity index is 712. The Morgan fingerprint density at radius 2 is 2.13 bits per heavy atom. The number of amides is 1. The molecule has 0 unspecified atom stereocenters. The fraction of sp³-hybridized carbons (Fsp3) is 0.474. The smallest absolute Gasteiger partial charge is 0.319 e. The predicted octanol–water partition coefficient (Wildman–Crippen LogP) is 3.11. The molecule has 2 saturated heterocycles. The van der Waals surface area contributed by atoms with Crippen LogP contribution >= 0.6 is 0 Å². The highest BCUT2D eigenvalue weighted by Crippen LogP contribution is 2.58. The quantitative estimate of drug-likeness (QED) is 0.623. The fourth-order valence-electron chi connectivity index (χ4n) is 4.81. The summed E-state index contributed by atoms with van der Waals surface area (Å²) in [5, 5.41) is 0. The average Bonchev–Trinajstić information content (AvgIpc) is 2.93. The lowest BCUT2D eigenvalue weighted by Gasteiger charge is -2.39. The number of carbonyl (C=O) groups is 2. The molecule has 0 aliphatic carbocycles. The monoisotopic (exact) mass is 311 g/mol. The number of benzene rings is 1. The third kappa shape index (κ3) is 1.66. The summed E-state index contributed by atoms with van der Waals surface area (Å²) in [5.41, 5.74) is 0.345.